The molecule has 1 aliphatic heterocycles. The molecule has 1 heterocycles. The van der Waals surface area contributed by atoms with Crippen molar-refractivity contribution in [2.45, 2.75) is 33.1 Å². The maximum Gasteiger partial charge on any atom is 0.409 e. The zero-order valence-electron chi connectivity index (χ0n) is 16.2. The summed E-state index contributed by atoms with van der Waals surface area (Å²) < 4.78 is 4.78. The Kier molecular flexibility index (Phi) is 7.75. The van der Waals surface area contributed by atoms with Crippen LogP contribution in [-0.4, -0.2) is 68.2 Å². The van der Waals surface area contributed by atoms with Gasteiger partial charge in [-0.2, -0.15) is 0 Å². The van der Waals surface area contributed by atoms with Crippen LogP contribution >= 0.6 is 0 Å². The molecule has 1 aromatic rings. The van der Waals surface area contributed by atoms with Gasteiger partial charge in [-0.1, -0.05) is 13.3 Å². The summed E-state index contributed by atoms with van der Waals surface area (Å²) in [5.41, 5.74) is 1.86. The molecule has 1 aliphatic rings. The molecule has 0 radical (unpaired) electrons. The lowest BCUT2D eigenvalue weighted by molar-refractivity contribution is 0.0757. The van der Waals surface area contributed by atoms with E-state index in [-0.39, 0.29) is 12.0 Å². The Hall–Kier alpha value is -2.24. The van der Waals surface area contributed by atoms with E-state index in [1.165, 1.54) is 20.0 Å². The molecule has 26 heavy (non-hydrogen) atoms. The summed E-state index contributed by atoms with van der Waals surface area (Å²) in [5, 5.41) is 0. The van der Waals surface area contributed by atoms with Gasteiger partial charge in [0.15, 0.2) is 0 Å². The highest BCUT2D eigenvalue weighted by Crippen LogP contribution is 2.18. The SMILES string of the molecule is CCCCN(CC)c1ccc(C(=O)N2CCCN(C(=O)OC)CC2)cc1. The van der Waals surface area contributed by atoms with Crippen LogP contribution in [0.15, 0.2) is 24.3 Å². The van der Waals surface area contributed by atoms with Crippen LogP contribution in [0.5, 0.6) is 0 Å². The number of methoxy groups -OCH3 is 1. The van der Waals surface area contributed by atoms with Crippen LogP contribution in [0.3, 0.4) is 0 Å². The summed E-state index contributed by atoms with van der Waals surface area (Å²) in [4.78, 5) is 30.3. The van der Waals surface area contributed by atoms with E-state index >= 15 is 0 Å². The maximum absolute atomic E-state index is 12.8. The summed E-state index contributed by atoms with van der Waals surface area (Å²) in [6.45, 7) is 8.67. The predicted molar refractivity (Wildman–Crippen MR) is 104 cm³/mol. The van der Waals surface area contributed by atoms with Gasteiger partial charge in [-0.15, -0.1) is 0 Å². The van der Waals surface area contributed by atoms with Crippen LogP contribution in [0.2, 0.25) is 0 Å². The molecule has 6 heteroatoms. The minimum Gasteiger partial charge on any atom is -0.453 e. The van der Waals surface area contributed by atoms with E-state index in [0.717, 1.165) is 25.2 Å². The molecule has 1 saturated heterocycles. The van der Waals surface area contributed by atoms with Crippen molar-refractivity contribution in [2.75, 3.05) is 51.3 Å². The average Bonchev–Trinajstić information content (AvgIpc) is 2.94. The first-order valence-electron chi connectivity index (χ1n) is 9.57. The lowest BCUT2D eigenvalue weighted by Gasteiger charge is -2.24. The molecular weight excluding hydrogens is 330 g/mol. The Morgan fingerprint density at radius 1 is 1.04 bits per heavy atom. The Balaban J connectivity index is 1.99. The third-order valence-electron chi connectivity index (χ3n) is 4.86. The fraction of sp³-hybridized carbons (Fsp3) is 0.600. The maximum atomic E-state index is 12.8. The lowest BCUT2D eigenvalue weighted by atomic mass is 10.1. The number of benzene rings is 1. The van der Waals surface area contributed by atoms with Crippen molar-refractivity contribution in [1.29, 1.82) is 0 Å². The van der Waals surface area contributed by atoms with Crippen LogP contribution < -0.4 is 4.90 Å². The summed E-state index contributed by atoms with van der Waals surface area (Å²) >= 11 is 0. The molecule has 2 amide bonds. The minimum atomic E-state index is -0.324. The van der Waals surface area contributed by atoms with Gasteiger partial charge in [0.1, 0.15) is 0 Å². The monoisotopic (exact) mass is 361 g/mol. The molecule has 0 unspecified atom stereocenters. The quantitative estimate of drug-likeness (QED) is 0.781. The number of nitrogens with zero attached hydrogens (tertiary/aromatic N) is 3. The van der Waals surface area contributed by atoms with Crippen molar-refractivity contribution in [1.82, 2.24) is 9.80 Å². The van der Waals surface area contributed by atoms with Crippen LogP contribution in [-0.2, 0) is 4.74 Å². The highest BCUT2D eigenvalue weighted by Gasteiger charge is 2.23. The molecule has 2 rings (SSSR count). The van der Waals surface area contributed by atoms with E-state index in [2.05, 4.69) is 18.7 Å². The van der Waals surface area contributed by atoms with E-state index in [0.29, 0.717) is 31.7 Å². The van der Waals surface area contributed by atoms with Crippen molar-refractivity contribution in [3.05, 3.63) is 29.8 Å². The number of ether oxygens (including phenoxy) is 1. The smallest absolute Gasteiger partial charge is 0.409 e. The Bertz CT molecular complexity index is 588. The lowest BCUT2D eigenvalue weighted by Crippen LogP contribution is -2.37. The van der Waals surface area contributed by atoms with E-state index in [1.54, 1.807) is 4.90 Å². The number of hydrogen-bond donors (Lipinski definition) is 0. The second-order valence-electron chi connectivity index (χ2n) is 6.58. The first kappa shape index (κ1) is 20.1. The fourth-order valence-corrected chi connectivity index (χ4v) is 3.25. The standard InChI is InChI=1S/C20H31N3O3/c1-4-6-12-21(5-2)18-10-8-17(9-11-18)19(24)22-13-7-14-23(16-15-22)20(25)26-3/h8-11H,4-7,12-16H2,1-3H3. The molecule has 0 aromatic heterocycles. The number of carbonyl (C=O) groups is 2. The van der Waals surface area contributed by atoms with Gasteiger partial charge < -0.3 is 19.4 Å². The predicted octanol–water partition coefficient (Wildman–Crippen LogP) is 3.23. The molecule has 6 nitrogen and oxygen atoms in total. The number of amides is 2. The summed E-state index contributed by atoms with van der Waals surface area (Å²) in [6.07, 6.45) is 2.78. The molecule has 0 atom stereocenters. The van der Waals surface area contributed by atoms with Crippen LogP contribution in [0.25, 0.3) is 0 Å². The first-order valence-corrected chi connectivity index (χ1v) is 9.57. The van der Waals surface area contributed by atoms with Gasteiger partial charge in [0.2, 0.25) is 0 Å². The van der Waals surface area contributed by atoms with Gasteiger partial charge in [-0.3, -0.25) is 4.79 Å². The third-order valence-corrected chi connectivity index (χ3v) is 4.86. The number of anilines is 1. The van der Waals surface area contributed by atoms with Gasteiger partial charge in [-0.25, -0.2) is 4.79 Å². The largest absolute Gasteiger partial charge is 0.453 e. The Morgan fingerprint density at radius 3 is 2.31 bits per heavy atom. The molecule has 1 aromatic carbocycles. The fourth-order valence-electron chi connectivity index (χ4n) is 3.25. The Labute approximate surface area is 156 Å². The van der Waals surface area contributed by atoms with Gasteiger partial charge in [0, 0.05) is 50.5 Å². The zero-order chi connectivity index (χ0) is 18.9. The van der Waals surface area contributed by atoms with E-state index < -0.39 is 0 Å². The molecule has 0 spiro atoms. The number of rotatable bonds is 6. The van der Waals surface area contributed by atoms with Gasteiger partial charge in [-0.05, 0) is 44.0 Å². The zero-order valence-corrected chi connectivity index (χ0v) is 16.2. The van der Waals surface area contributed by atoms with Crippen LogP contribution in [0.4, 0.5) is 10.5 Å². The summed E-state index contributed by atoms with van der Waals surface area (Å²) in [5.74, 6) is 0.0277. The summed E-state index contributed by atoms with van der Waals surface area (Å²) in [6, 6.07) is 7.89. The van der Waals surface area contributed by atoms with Crippen molar-refractivity contribution in [3.63, 3.8) is 0 Å². The topological polar surface area (TPSA) is 53.1 Å². The number of hydrogen-bond acceptors (Lipinski definition) is 4. The Morgan fingerprint density at radius 2 is 1.69 bits per heavy atom. The second kappa shape index (κ2) is 10.0. The number of unbranched alkanes of at least 4 members (excludes halogenated alkanes) is 1. The minimum absolute atomic E-state index is 0.0277. The normalized spacial score (nSPS) is 14.7. The second-order valence-corrected chi connectivity index (χ2v) is 6.58. The van der Waals surface area contributed by atoms with Gasteiger partial charge in [0.25, 0.3) is 5.91 Å². The first-order chi connectivity index (χ1) is 12.6. The molecule has 0 bridgehead atoms. The molecule has 0 aliphatic carbocycles. The average molecular weight is 361 g/mol. The van der Waals surface area contributed by atoms with Crippen molar-refractivity contribution < 1.29 is 14.3 Å². The highest BCUT2D eigenvalue weighted by atomic mass is 16.5. The van der Waals surface area contributed by atoms with Gasteiger partial charge >= 0.3 is 6.09 Å². The highest BCUT2D eigenvalue weighted by molar-refractivity contribution is 5.94. The van der Waals surface area contributed by atoms with Crippen LogP contribution in [0, 0.1) is 0 Å². The van der Waals surface area contributed by atoms with Crippen molar-refractivity contribution in [3.8, 4) is 0 Å². The molecule has 144 valence electrons. The summed E-state index contributed by atoms with van der Waals surface area (Å²) in [7, 11) is 1.39. The van der Waals surface area contributed by atoms with Crippen molar-refractivity contribution in [2.24, 2.45) is 0 Å². The van der Waals surface area contributed by atoms with E-state index in [9.17, 15) is 9.59 Å². The molecular formula is C20H31N3O3. The van der Waals surface area contributed by atoms with E-state index in [1.807, 2.05) is 29.2 Å². The molecule has 1 fully saturated rings. The number of carbonyl (C=O) groups excluding carboxylic acids is 2. The van der Waals surface area contributed by atoms with Gasteiger partial charge in [0.05, 0.1) is 7.11 Å². The molecule has 0 N–H and O–H groups in total. The van der Waals surface area contributed by atoms with Crippen LogP contribution in [0.1, 0.15) is 43.5 Å². The van der Waals surface area contributed by atoms with Crippen molar-refractivity contribution >= 4 is 17.7 Å². The molecule has 0 saturated carbocycles. The third kappa shape index (κ3) is 5.13. The van der Waals surface area contributed by atoms with E-state index in [4.69, 9.17) is 4.74 Å².